The number of hydrogen-bond acceptors (Lipinski definition) is 4. The zero-order valence-electron chi connectivity index (χ0n) is 15.6. The van der Waals surface area contributed by atoms with Gasteiger partial charge in [0.05, 0.1) is 17.1 Å². The first-order valence-corrected chi connectivity index (χ1v) is 8.60. The predicted molar refractivity (Wildman–Crippen MR) is 97.1 cm³/mol. The summed E-state index contributed by atoms with van der Waals surface area (Å²) >= 11 is 0. The molecule has 0 fully saturated rings. The molecule has 1 N–H and O–H groups in total. The van der Waals surface area contributed by atoms with Crippen LogP contribution < -0.4 is 5.32 Å². The molecular weight excluding hydrogens is 318 g/mol. The van der Waals surface area contributed by atoms with Crippen molar-refractivity contribution in [1.82, 2.24) is 14.9 Å². The molecule has 25 heavy (non-hydrogen) atoms. The van der Waals surface area contributed by atoms with Gasteiger partial charge >= 0.3 is 5.97 Å². The third-order valence-electron chi connectivity index (χ3n) is 3.70. The number of para-hydroxylation sites is 2. The topological polar surface area (TPSA) is 73.2 Å². The number of benzene rings is 1. The van der Waals surface area contributed by atoms with Crippen molar-refractivity contribution < 1.29 is 14.3 Å². The molecule has 1 amide bonds. The lowest BCUT2D eigenvalue weighted by molar-refractivity contribution is -0.148. The second kappa shape index (κ2) is 7.68. The van der Waals surface area contributed by atoms with Gasteiger partial charge in [-0.05, 0) is 26.0 Å². The van der Waals surface area contributed by atoms with Crippen molar-refractivity contribution in [2.75, 3.05) is 6.54 Å². The number of hydrogen-bond donors (Lipinski definition) is 1. The van der Waals surface area contributed by atoms with Crippen molar-refractivity contribution >= 4 is 22.9 Å². The summed E-state index contributed by atoms with van der Waals surface area (Å²) in [7, 11) is 0. The Balaban J connectivity index is 2.16. The molecule has 0 saturated carbocycles. The lowest BCUT2D eigenvalue weighted by atomic mass is 9.96. The lowest BCUT2D eigenvalue weighted by Gasteiger charge is -2.17. The van der Waals surface area contributed by atoms with Crippen LogP contribution in [0.25, 0.3) is 11.0 Å². The maximum Gasteiger partial charge on any atom is 0.326 e. The number of nitrogens with zero attached hydrogens (tertiary/aromatic N) is 2. The van der Waals surface area contributed by atoms with Crippen LogP contribution in [0.4, 0.5) is 0 Å². The van der Waals surface area contributed by atoms with Crippen LogP contribution in [0.15, 0.2) is 24.3 Å². The molecule has 1 heterocycles. The standard InChI is InChI=1S/C19H27N3O3/c1-13(2)25-17(23)12-22-15-9-7-6-8-14(15)21-16(22)10-11-20-18(24)19(3,4)5/h6-9,13H,10-12H2,1-5H3,(H,20,24). The fraction of sp³-hybridized carbons (Fsp3) is 0.526. The number of rotatable bonds is 6. The van der Waals surface area contributed by atoms with Gasteiger partial charge in [0.25, 0.3) is 0 Å². The van der Waals surface area contributed by atoms with Gasteiger partial charge in [-0.15, -0.1) is 0 Å². The van der Waals surface area contributed by atoms with Crippen LogP contribution in [-0.4, -0.2) is 34.1 Å². The zero-order valence-corrected chi connectivity index (χ0v) is 15.6. The van der Waals surface area contributed by atoms with Crippen molar-refractivity contribution in [2.45, 2.75) is 53.7 Å². The van der Waals surface area contributed by atoms with Crippen molar-refractivity contribution in [1.29, 1.82) is 0 Å². The molecule has 1 aromatic heterocycles. The number of ether oxygens (including phenoxy) is 1. The number of amides is 1. The smallest absolute Gasteiger partial charge is 0.326 e. The molecule has 6 nitrogen and oxygen atoms in total. The summed E-state index contributed by atoms with van der Waals surface area (Å²) in [6, 6.07) is 7.68. The van der Waals surface area contributed by atoms with Gasteiger partial charge in [-0.3, -0.25) is 9.59 Å². The first-order valence-electron chi connectivity index (χ1n) is 8.60. The van der Waals surface area contributed by atoms with E-state index in [1.807, 2.05) is 63.5 Å². The molecule has 0 aliphatic rings. The van der Waals surface area contributed by atoms with Gasteiger partial charge in [0, 0.05) is 18.4 Å². The molecule has 0 saturated heterocycles. The largest absolute Gasteiger partial charge is 0.462 e. The summed E-state index contributed by atoms with van der Waals surface area (Å²) in [5.41, 5.74) is 1.29. The minimum atomic E-state index is -0.429. The number of aromatic nitrogens is 2. The van der Waals surface area contributed by atoms with Gasteiger partial charge in [0.2, 0.25) is 5.91 Å². The van der Waals surface area contributed by atoms with Crippen molar-refractivity contribution in [3.8, 4) is 0 Å². The second-order valence-electron chi connectivity index (χ2n) is 7.40. The van der Waals surface area contributed by atoms with Crippen LogP contribution in [0.3, 0.4) is 0 Å². The van der Waals surface area contributed by atoms with Crippen LogP contribution in [-0.2, 0) is 27.3 Å². The highest BCUT2D eigenvalue weighted by Crippen LogP contribution is 2.17. The normalized spacial score (nSPS) is 11.8. The summed E-state index contributed by atoms with van der Waals surface area (Å²) in [5, 5.41) is 2.92. The molecule has 6 heteroatoms. The van der Waals surface area contributed by atoms with Gasteiger partial charge in [-0.1, -0.05) is 32.9 Å². The number of nitrogens with one attached hydrogen (secondary N) is 1. The van der Waals surface area contributed by atoms with Crippen molar-refractivity contribution in [2.24, 2.45) is 5.41 Å². The Bertz CT molecular complexity index is 757. The zero-order chi connectivity index (χ0) is 18.6. The summed E-state index contributed by atoms with van der Waals surface area (Å²) in [4.78, 5) is 28.7. The van der Waals surface area contributed by atoms with Crippen molar-refractivity contribution in [3.63, 3.8) is 0 Å². The lowest BCUT2D eigenvalue weighted by Crippen LogP contribution is -2.36. The van der Waals surface area contributed by atoms with Gasteiger partial charge in [-0.25, -0.2) is 4.98 Å². The van der Waals surface area contributed by atoms with Crippen molar-refractivity contribution in [3.05, 3.63) is 30.1 Å². The highest BCUT2D eigenvalue weighted by molar-refractivity contribution is 5.81. The Morgan fingerprint density at radius 3 is 2.56 bits per heavy atom. The highest BCUT2D eigenvalue weighted by atomic mass is 16.5. The van der Waals surface area contributed by atoms with E-state index in [2.05, 4.69) is 10.3 Å². The van der Waals surface area contributed by atoms with E-state index in [9.17, 15) is 9.59 Å². The Kier molecular flexibility index (Phi) is 5.82. The first kappa shape index (κ1) is 19.0. The maximum atomic E-state index is 12.1. The van der Waals surface area contributed by atoms with E-state index in [0.717, 1.165) is 16.9 Å². The Morgan fingerprint density at radius 2 is 1.92 bits per heavy atom. The first-order chi connectivity index (χ1) is 11.7. The SMILES string of the molecule is CC(C)OC(=O)Cn1c(CCNC(=O)C(C)(C)C)nc2ccccc21. The number of fused-ring (bicyclic) bond motifs is 1. The molecule has 2 rings (SSSR count). The second-order valence-corrected chi connectivity index (χ2v) is 7.40. The molecule has 0 bridgehead atoms. The van der Waals surface area contributed by atoms with E-state index in [1.54, 1.807) is 0 Å². The minimum Gasteiger partial charge on any atom is -0.462 e. The Hall–Kier alpha value is -2.37. The monoisotopic (exact) mass is 345 g/mol. The molecule has 136 valence electrons. The average molecular weight is 345 g/mol. The Labute approximate surface area is 148 Å². The third kappa shape index (κ3) is 5.05. The van der Waals surface area contributed by atoms with E-state index in [4.69, 9.17) is 4.74 Å². The quantitative estimate of drug-likeness (QED) is 0.817. The molecular formula is C19H27N3O3. The van der Waals surface area contributed by atoms with Gasteiger partial charge < -0.3 is 14.6 Å². The molecule has 0 aliphatic heterocycles. The summed E-state index contributed by atoms with van der Waals surface area (Å²) in [6.07, 6.45) is 0.391. The number of carbonyl (C=O) groups is 2. The third-order valence-corrected chi connectivity index (χ3v) is 3.70. The van der Waals surface area contributed by atoms with Crippen LogP contribution in [0.1, 0.15) is 40.4 Å². The van der Waals surface area contributed by atoms with Crippen LogP contribution in [0.2, 0.25) is 0 Å². The summed E-state index contributed by atoms with van der Waals surface area (Å²) in [6.45, 7) is 9.86. The molecule has 0 aliphatic carbocycles. The van der Waals surface area contributed by atoms with Gasteiger partial charge in [-0.2, -0.15) is 0 Å². The minimum absolute atomic E-state index is 0.00520. The van der Waals surface area contributed by atoms with Crippen LogP contribution >= 0.6 is 0 Å². The highest BCUT2D eigenvalue weighted by Gasteiger charge is 2.21. The summed E-state index contributed by atoms with van der Waals surface area (Å²) < 4.78 is 7.12. The molecule has 0 radical (unpaired) electrons. The Morgan fingerprint density at radius 1 is 1.24 bits per heavy atom. The molecule has 1 aromatic carbocycles. The van der Waals surface area contributed by atoms with Crippen LogP contribution in [0.5, 0.6) is 0 Å². The van der Waals surface area contributed by atoms with Gasteiger partial charge in [0.15, 0.2) is 0 Å². The summed E-state index contributed by atoms with van der Waals surface area (Å²) in [5.74, 6) is 0.462. The number of carbonyl (C=O) groups excluding carboxylic acids is 2. The fourth-order valence-electron chi connectivity index (χ4n) is 2.47. The average Bonchev–Trinajstić information content (AvgIpc) is 2.83. The van der Waals surface area contributed by atoms with E-state index in [0.29, 0.717) is 13.0 Å². The molecule has 0 unspecified atom stereocenters. The van der Waals surface area contributed by atoms with E-state index < -0.39 is 5.41 Å². The fourth-order valence-corrected chi connectivity index (χ4v) is 2.47. The number of imidazole rings is 1. The van der Waals surface area contributed by atoms with E-state index in [-0.39, 0.29) is 24.5 Å². The molecule has 0 spiro atoms. The van der Waals surface area contributed by atoms with Crippen LogP contribution in [0, 0.1) is 5.41 Å². The number of esters is 1. The predicted octanol–water partition coefficient (Wildman–Crippen LogP) is 2.69. The molecule has 2 aromatic rings. The van der Waals surface area contributed by atoms with E-state index >= 15 is 0 Å². The van der Waals surface area contributed by atoms with E-state index in [1.165, 1.54) is 0 Å². The maximum absolute atomic E-state index is 12.1. The molecule has 0 atom stereocenters. The van der Waals surface area contributed by atoms with Gasteiger partial charge in [0.1, 0.15) is 12.4 Å².